The Bertz CT molecular complexity index is 893. The number of ether oxygens (including phenoxy) is 1. The highest BCUT2D eigenvalue weighted by Crippen LogP contribution is 2.28. The average molecular weight is 390 g/mol. The highest BCUT2D eigenvalue weighted by Gasteiger charge is 2.13. The van der Waals surface area contributed by atoms with Gasteiger partial charge < -0.3 is 4.74 Å². The summed E-state index contributed by atoms with van der Waals surface area (Å²) in [7, 11) is 0. The van der Waals surface area contributed by atoms with Crippen molar-refractivity contribution in [2.24, 2.45) is 0 Å². The van der Waals surface area contributed by atoms with Crippen molar-refractivity contribution in [3.63, 3.8) is 0 Å². The maximum absolute atomic E-state index is 6.00. The lowest BCUT2D eigenvalue weighted by molar-refractivity contribution is 0.471. The fourth-order valence-corrected chi connectivity index (χ4v) is 3.34. The van der Waals surface area contributed by atoms with E-state index < -0.39 is 0 Å². The predicted molar refractivity (Wildman–Crippen MR) is 124 cm³/mol. The molecule has 0 aliphatic rings. The van der Waals surface area contributed by atoms with E-state index in [0.717, 1.165) is 23.3 Å². The van der Waals surface area contributed by atoms with Crippen LogP contribution in [0.1, 0.15) is 26.3 Å². The van der Waals surface area contributed by atoms with E-state index in [0.29, 0.717) is 0 Å². The third-order valence-electron chi connectivity index (χ3n) is 4.00. The van der Waals surface area contributed by atoms with Gasteiger partial charge in [0.1, 0.15) is 5.75 Å². The molecule has 3 aromatic carbocycles. The van der Waals surface area contributed by atoms with Gasteiger partial charge in [0.2, 0.25) is 4.90 Å². The minimum absolute atomic E-state index is 0.865. The van der Waals surface area contributed by atoms with Gasteiger partial charge in [0.15, 0.2) is 10.6 Å². The van der Waals surface area contributed by atoms with Gasteiger partial charge in [-0.05, 0) is 64.1 Å². The molecule has 0 atom stereocenters. The van der Waals surface area contributed by atoms with Crippen LogP contribution in [0.25, 0.3) is 0 Å². The predicted octanol–water partition coefficient (Wildman–Crippen LogP) is 7.55. The third-order valence-corrected chi connectivity index (χ3v) is 5.17. The van der Waals surface area contributed by atoms with Crippen LogP contribution in [-0.4, -0.2) is 0 Å². The molecule has 2 heteroatoms. The van der Waals surface area contributed by atoms with E-state index in [1.807, 2.05) is 68.5 Å². The van der Waals surface area contributed by atoms with Crippen molar-refractivity contribution >= 4 is 11.8 Å². The summed E-state index contributed by atoms with van der Waals surface area (Å²) in [6, 6.07) is 26.7. The summed E-state index contributed by atoms with van der Waals surface area (Å²) in [5, 5.41) is 0. The maximum Gasteiger partial charge on any atom is 0.200 e. The molecule has 0 N–H and O–H groups in total. The monoisotopic (exact) mass is 389 g/mol. The van der Waals surface area contributed by atoms with Crippen LogP contribution in [0.3, 0.4) is 0 Å². The second kappa shape index (κ2) is 11.9. The first-order valence-corrected chi connectivity index (χ1v) is 10.4. The van der Waals surface area contributed by atoms with Gasteiger partial charge in [-0.15, -0.1) is 0 Å². The lowest BCUT2D eigenvalue weighted by atomic mass is 10.2. The zero-order valence-electron chi connectivity index (χ0n) is 17.1. The lowest BCUT2D eigenvalue weighted by Crippen LogP contribution is -1.91. The van der Waals surface area contributed by atoms with Crippen LogP contribution >= 0.6 is 0 Å². The van der Waals surface area contributed by atoms with Gasteiger partial charge in [-0.25, -0.2) is 0 Å². The molecule has 0 bridgehead atoms. The van der Waals surface area contributed by atoms with Crippen molar-refractivity contribution in [1.82, 2.24) is 0 Å². The summed E-state index contributed by atoms with van der Waals surface area (Å²) in [6.07, 6.45) is 6.20. The standard InChI is InChI=1S/C19H16OS.C7H12/c1-15-11-13-17(14-12-15)21-19-10-6-5-9-18(19)20-16-7-3-2-4-8-16;1-4-6-7(3)5-2/h2-14H,1H3;4-6H,1-3H3/p+1/b;6-4-,7-5-. The number of allylic oxidation sites excluding steroid dienone is 4. The number of hydrogen-bond acceptors (Lipinski definition) is 1. The van der Waals surface area contributed by atoms with Crippen LogP contribution < -0.4 is 4.74 Å². The van der Waals surface area contributed by atoms with Crippen molar-refractivity contribution in [1.29, 1.82) is 0 Å². The SMILES string of the molecule is C/C=C\C(C)=C/C.Cc1ccc([SH+]c2ccccc2Oc2ccccc2)cc1. The molecule has 0 fully saturated rings. The average Bonchev–Trinajstić information content (AvgIpc) is 2.72. The fraction of sp³-hybridized carbons (Fsp3) is 0.154. The molecular formula is C26H29OS+. The van der Waals surface area contributed by atoms with E-state index in [9.17, 15) is 0 Å². The first-order valence-electron chi connectivity index (χ1n) is 9.48. The molecule has 28 heavy (non-hydrogen) atoms. The van der Waals surface area contributed by atoms with Crippen molar-refractivity contribution in [3.05, 3.63) is 108 Å². The summed E-state index contributed by atoms with van der Waals surface area (Å²) in [4.78, 5) is 2.44. The minimum atomic E-state index is 0.865. The lowest BCUT2D eigenvalue weighted by Gasteiger charge is -2.06. The number of thiol groups is 1. The smallest absolute Gasteiger partial charge is 0.200 e. The van der Waals surface area contributed by atoms with E-state index in [1.54, 1.807) is 0 Å². The molecule has 0 aromatic heterocycles. The van der Waals surface area contributed by atoms with Crippen LogP contribution in [-0.2, 0) is 11.8 Å². The topological polar surface area (TPSA) is 9.23 Å². The maximum atomic E-state index is 6.00. The Balaban J connectivity index is 0.000000345. The van der Waals surface area contributed by atoms with Gasteiger partial charge in [-0.3, -0.25) is 0 Å². The summed E-state index contributed by atoms with van der Waals surface area (Å²) < 4.78 is 6.00. The number of rotatable bonds is 5. The Morgan fingerprint density at radius 2 is 1.46 bits per heavy atom. The molecule has 0 amide bonds. The van der Waals surface area contributed by atoms with Gasteiger partial charge in [0, 0.05) is 0 Å². The Kier molecular flexibility index (Phi) is 9.17. The third kappa shape index (κ3) is 7.50. The molecule has 0 aliphatic carbocycles. The largest absolute Gasteiger partial charge is 0.452 e. The van der Waals surface area contributed by atoms with Crippen molar-refractivity contribution in [2.45, 2.75) is 37.5 Å². The fourth-order valence-electron chi connectivity index (χ4n) is 2.37. The molecule has 3 aromatic rings. The van der Waals surface area contributed by atoms with Gasteiger partial charge in [-0.2, -0.15) is 0 Å². The number of hydrogen-bond donors (Lipinski definition) is 0. The molecular weight excluding hydrogens is 360 g/mol. The number of para-hydroxylation sites is 2. The summed E-state index contributed by atoms with van der Waals surface area (Å²) in [5.41, 5.74) is 2.60. The van der Waals surface area contributed by atoms with Gasteiger partial charge >= 0.3 is 0 Å². The van der Waals surface area contributed by atoms with Crippen LogP contribution in [0.5, 0.6) is 11.5 Å². The molecule has 0 spiro atoms. The van der Waals surface area contributed by atoms with Crippen molar-refractivity contribution in [3.8, 4) is 11.5 Å². The Morgan fingerprint density at radius 1 is 0.821 bits per heavy atom. The molecule has 3 rings (SSSR count). The second-order valence-corrected chi connectivity index (χ2v) is 7.58. The zero-order chi connectivity index (χ0) is 20.2. The van der Waals surface area contributed by atoms with Gasteiger partial charge in [0.05, 0.1) is 11.8 Å². The Labute approximate surface area is 173 Å². The van der Waals surface area contributed by atoms with E-state index in [1.165, 1.54) is 20.9 Å². The van der Waals surface area contributed by atoms with E-state index in [2.05, 4.69) is 56.3 Å². The van der Waals surface area contributed by atoms with Crippen LogP contribution in [0.2, 0.25) is 0 Å². The summed E-state index contributed by atoms with van der Waals surface area (Å²) >= 11 is 1.16. The van der Waals surface area contributed by atoms with E-state index in [4.69, 9.17) is 4.74 Å². The molecule has 0 aliphatic heterocycles. The Morgan fingerprint density at radius 3 is 2.07 bits per heavy atom. The first-order chi connectivity index (χ1) is 13.6. The van der Waals surface area contributed by atoms with Crippen LogP contribution in [0.4, 0.5) is 0 Å². The first kappa shape index (κ1) is 21.6. The number of benzene rings is 3. The molecule has 0 heterocycles. The molecule has 0 radical (unpaired) electrons. The highest BCUT2D eigenvalue weighted by atomic mass is 32.2. The van der Waals surface area contributed by atoms with Crippen LogP contribution in [0, 0.1) is 6.92 Å². The molecule has 144 valence electrons. The highest BCUT2D eigenvalue weighted by molar-refractivity contribution is 7.78. The molecule has 0 unspecified atom stereocenters. The van der Waals surface area contributed by atoms with Gasteiger partial charge in [0.25, 0.3) is 0 Å². The molecule has 0 saturated heterocycles. The van der Waals surface area contributed by atoms with Crippen molar-refractivity contribution in [2.75, 3.05) is 0 Å². The van der Waals surface area contributed by atoms with Crippen LogP contribution in [0.15, 0.2) is 112 Å². The Hall–Kier alpha value is -2.71. The molecule has 0 saturated carbocycles. The summed E-state index contributed by atoms with van der Waals surface area (Å²) in [6.45, 7) is 8.25. The van der Waals surface area contributed by atoms with E-state index >= 15 is 0 Å². The van der Waals surface area contributed by atoms with E-state index in [-0.39, 0.29) is 0 Å². The second-order valence-electron chi connectivity index (χ2n) is 6.36. The molecule has 1 nitrogen and oxygen atoms in total. The summed E-state index contributed by atoms with van der Waals surface area (Å²) in [5.74, 6) is 1.77. The normalized spacial score (nSPS) is 11.1. The number of aryl methyl sites for hydroxylation is 1. The quantitative estimate of drug-likeness (QED) is 0.249. The minimum Gasteiger partial charge on any atom is -0.452 e. The zero-order valence-corrected chi connectivity index (χ0v) is 18.0. The van der Waals surface area contributed by atoms with Gasteiger partial charge in [-0.1, -0.05) is 71.8 Å². The van der Waals surface area contributed by atoms with Crippen molar-refractivity contribution < 1.29 is 4.74 Å².